The van der Waals surface area contributed by atoms with Crippen molar-refractivity contribution in [1.29, 1.82) is 0 Å². The van der Waals surface area contributed by atoms with Crippen LogP contribution in [0.4, 0.5) is 4.79 Å². The molecule has 7 nitrogen and oxygen atoms in total. The zero-order chi connectivity index (χ0) is 17.7. The van der Waals surface area contributed by atoms with E-state index in [0.29, 0.717) is 26.0 Å². The van der Waals surface area contributed by atoms with Crippen molar-refractivity contribution in [3.05, 3.63) is 0 Å². The summed E-state index contributed by atoms with van der Waals surface area (Å²) in [6, 6.07) is -0.688. The van der Waals surface area contributed by atoms with Crippen LogP contribution in [0.1, 0.15) is 52.9 Å². The molecule has 2 rings (SSSR count). The quantitative estimate of drug-likeness (QED) is 0.733. The number of rotatable bonds is 3. The highest BCUT2D eigenvalue weighted by atomic mass is 16.7. The van der Waals surface area contributed by atoms with Crippen LogP contribution in [0.15, 0.2) is 0 Å². The smallest absolute Gasteiger partial charge is 0.411 e. The van der Waals surface area contributed by atoms with Gasteiger partial charge in [-0.3, -0.25) is 4.90 Å². The van der Waals surface area contributed by atoms with Gasteiger partial charge in [0.2, 0.25) is 0 Å². The van der Waals surface area contributed by atoms with Gasteiger partial charge in [0.15, 0.2) is 6.29 Å². The molecule has 0 saturated carbocycles. The van der Waals surface area contributed by atoms with E-state index in [-0.39, 0.29) is 12.4 Å². The van der Waals surface area contributed by atoms with E-state index in [1.54, 1.807) is 20.8 Å². The van der Waals surface area contributed by atoms with Crippen LogP contribution >= 0.6 is 0 Å². The molecule has 2 saturated heterocycles. The second-order valence-corrected chi connectivity index (χ2v) is 7.29. The van der Waals surface area contributed by atoms with Gasteiger partial charge in [-0.1, -0.05) is 0 Å². The molecule has 0 aromatic rings. The third-order valence-electron chi connectivity index (χ3n) is 4.14. The molecule has 138 valence electrons. The Balaban J connectivity index is 1.98. The molecule has 2 fully saturated rings. The molecule has 2 heterocycles. The van der Waals surface area contributed by atoms with E-state index in [1.807, 2.05) is 0 Å². The minimum atomic E-state index is -0.688. The van der Waals surface area contributed by atoms with Gasteiger partial charge in [-0.25, -0.2) is 9.59 Å². The first kappa shape index (κ1) is 19.0. The molecular weight excluding hydrogens is 314 g/mol. The third kappa shape index (κ3) is 5.34. The number of hydrogen-bond donors (Lipinski definition) is 0. The van der Waals surface area contributed by atoms with Crippen molar-refractivity contribution >= 4 is 12.1 Å². The fourth-order valence-electron chi connectivity index (χ4n) is 2.99. The predicted molar refractivity (Wildman–Crippen MR) is 86.4 cm³/mol. The number of carbonyl (C=O) groups is 2. The van der Waals surface area contributed by atoms with Gasteiger partial charge in [0.1, 0.15) is 11.6 Å². The maximum atomic E-state index is 12.4. The summed E-state index contributed by atoms with van der Waals surface area (Å²) in [5.74, 6) is -0.446. The Hall–Kier alpha value is -1.34. The summed E-state index contributed by atoms with van der Waals surface area (Å²) in [6.45, 7) is 6.50. The van der Waals surface area contributed by atoms with Crippen molar-refractivity contribution in [2.75, 3.05) is 20.3 Å². The topological polar surface area (TPSA) is 74.3 Å². The Morgan fingerprint density at radius 1 is 1.17 bits per heavy atom. The van der Waals surface area contributed by atoms with Gasteiger partial charge in [-0.2, -0.15) is 0 Å². The molecule has 0 radical (unpaired) electrons. The molecule has 0 aromatic carbocycles. The molecule has 3 atom stereocenters. The molecule has 0 N–H and O–H groups in total. The Labute approximate surface area is 143 Å². The summed E-state index contributed by atoms with van der Waals surface area (Å²) in [7, 11) is 1.32. The lowest BCUT2D eigenvalue weighted by Gasteiger charge is -2.39. The molecule has 2 aliphatic rings. The summed E-state index contributed by atoms with van der Waals surface area (Å²) in [6.07, 6.45) is 3.22. The lowest BCUT2D eigenvalue weighted by molar-refractivity contribution is -0.200. The molecule has 24 heavy (non-hydrogen) atoms. The van der Waals surface area contributed by atoms with Gasteiger partial charge in [-0.05, 0) is 46.5 Å². The lowest BCUT2D eigenvalue weighted by atomic mass is 9.99. The number of likely N-dealkylation sites (tertiary alicyclic amines) is 1. The highest BCUT2D eigenvalue weighted by molar-refractivity contribution is 5.81. The van der Waals surface area contributed by atoms with E-state index in [9.17, 15) is 9.59 Å². The van der Waals surface area contributed by atoms with Gasteiger partial charge >= 0.3 is 12.1 Å². The zero-order valence-electron chi connectivity index (χ0n) is 15.1. The van der Waals surface area contributed by atoms with Crippen LogP contribution in [0.5, 0.6) is 0 Å². The summed E-state index contributed by atoms with van der Waals surface area (Å²) >= 11 is 0. The minimum Gasteiger partial charge on any atom is -0.467 e. The van der Waals surface area contributed by atoms with Gasteiger partial charge in [0.25, 0.3) is 0 Å². The third-order valence-corrected chi connectivity index (χ3v) is 4.14. The monoisotopic (exact) mass is 343 g/mol. The summed E-state index contributed by atoms with van der Waals surface area (Å²) in [5.41, 5.74) is -0.610. The molecule has 0 aromatic heterocycles. The number of amides is 1. The molecule has 2 aliphatic heterocycles. The number of ether oxygens (including phenoxy) is 4. The average Bonchev–Trinajstić information content (AvgIpc) is 2.53. The van der Waals surface area contributed by atoms with Gasteiger partial charge < -0.3 is 18.9 Å². The highest BCUT2D eigenvalue weighted by Gasteiger charge is 2.40. The van der Waals surface area contributed by atoms with E-state index in [0.717, 1.165) is 19.3 Å². The van der Waals surface area contributed by atoms with Crippen molar-refractivity contribution in [2.24, 2.45) is 0 Å². The molecule has 7 heteroatoms. The van der Waals surface area contributed by atoms with Gasteiger partial charge in [0.05, 0.1) is 13.2 Å². The molecule has 1 amide bonds. The minimum absolute atomic E-state index is 0.129. The maximum Gasteiger partial charge on any atom is 0.411 e. The van der Waals surface area contributed by atoms with Crippen LogP contribution < -0.4 is 0 Å². The maximum absolute atomic E-state index is 12.4. The van der Waals surface area contributed by atoms with E-state index in [1.165, 1.54) is 12.0 Å². The molecule has 0 aliphatic carbocycles. The van der Waals surface area contributed by atoms with Crippen molar-refractivity contribution in [3.63, 3.8) is 0 Å². The second-order valence-electron chi connectivity index (χ2n) is 7.29. The van der Waals surface area contributed by atoms with E-state index >= 15 is 0 Å². The molecule has 0 bridgehead atoms. The fraction of sp³-hybridized carbons (Fsp3) is 0.882. The summed E-state index contributed by atoms with van der Waals surface area (Å²) in [4.78, 5) is 25.9. The second kappa shape index (κ2) is 8.16. The Morgan fingerprint density at radius 3 is 2.50 bits per heavy atom. The first-order valence-electron chi connectivity index (χ1n) is 8.64. The molecule has 3 unspecified atom stereocenters. The zero-order valence-corrected chi connectivity index (χ0v) is 15.1. The largest absolute Gasteiger partial charge is 0.467 e. The van der Waals surface area contributed by atoms with Crippen molar-refractivity contribution in [2.45, 2.75) is 76.9 Å². The van der Waals surface area contributed by atoms with Crippen LogP contribution in [0.2, 0.25) is 0 Å². The van der Waals surface area contributed by atoms with E-state index in [2.05, 4.69) is 0 Å². The van der Waals surface area contributed by atoms with Gasteiger partial charge in [-0.15, -0.1) is 0 Å². The fourth-order valence-corrected chi connectivity index (χ4v) is 2.99. The van der Waals surface area contributed by atoms with Crippen LogP contribution in [0.3, 0.4) is 0 Å². The highest BCUT2D eigenvalue weighted by Crippen LogP contribution is 2.26. The number of nitrogens with zero attached hydrogens (tertiary/aromatic N) is 1. The van der Waals surface area contributed by atoms with Crippen molar-refractivity contribution in [3.8, 4) is 0 Å². The number of hydrogen-bond acceptors (Lipinski definition) is 6. The van der Waals surface area contributed by atoms with Crippen LogP contribution in [0, 0.1) is 0 Å². The van der Waals surface area contributed by atoms with Crippen LogP contribution in [-0.2, 0) is 23.7 Å². The predicted octanol–water partition coefficient (Wildman–Crippen LogP) is 2.47. The number of esters is 1. The number of methoxy groups -OCH3 is 1. The number of carbonyl (C=O) groups excluding carboxylic acids is 2. The SMILES string of the molecule is COC(=O)C1CC(OC2CCCCO2)CCN1C(=O)OC(C)(C)C. The molecular formula is C17H29NO6. The Bertz CT molecular complexity index is 441. The summed E-state index contributed by atoms with van der Waals surface area (Å²) in [5, 5.41) is 0. The van der Waals surface area contributed by atoms with Crippen LogP contribution in [-0.4, -0.2) is 61.3 Å². The normalized spacial score (nSPS) is 28.3. The molecule has 0 spiro atoms. The number of piperidine rings is 1. The lowest BCUT2D eigenvalue weighted by Crippen LogP contribution is -2.53. The first-order chi connectivity index (χ1) is 11.3. The standard InChI is InChI=1S/C17H29NO6/c1-17(2,3)24-16(20)18-9-8-12(11-13(18)15(19)21-4)23-14-7-5-6-10-22-14/h12-14H,5-11H2,1-4H3. The van der Waals surface area contributed by atoms with Gasteiger partial charge in [0, 0.05) is 19.6 Å². The van der Waals surface area contributed by atoms with E-state index < -0.39 is 23.7 Å². The Kier molecular flexibility index (Phi) is 6.46. The van der Waals surface area contributed by atoms with E-state index in [4.69, 9.17) is 18.9 Å². The van der Waals surface area contributed by atoms with Crippen molar-refractivity contribution < 1.29 is 28.5 Å². The van der Waals surface area contributed by atoms with Crippen LogP contribution in [0.25, 0.3) is 0 Å². The first-order valence-corrected chi connectivity index (χ1v) is 8.64. The van der Waals surface area contributed by atoms with Crippen molar-refractivity contribution in [1.82, 2.24) is 4.90 Å². The Morgan fingerprint density at radius 2 is 1.92 bits per heavy atom. The average molecular weight is 343 g/mol. The summed E-state index contributed by atoms with van der Waals surface area (Å²) < 4.78 is 21.8.